The van der Waals surface area contributed by atoms with E-state index in [2.05, 4.69) is 32.8 Å². The molecule has 1 saturated carbocycles. The Kier molecular flexibility index (Phi) is 5.00. The molecule has 0 saturated heterocycles. The second-order valence-corrected chi connectivity index (χ2v) is 6.04. The van der Waals surface area contributed by atoms with Gasteiger partial charge in [0.25, 0.3) is 0 Å². The van der Waals surface area contributed by atoms with Crippen LogP contribution in [0.1, 0.15) is 25.7 Å². The number of nitrogens with zero attached hydrogens (tertiary/aromatic N) is 1. The largest absolute Gasteiger partial charge is 0.324 e. The summed E-state index contributed by atoms with van der Waals surface area (Å²) < 4.78 is 1.08. The van der Waals surface area contributed by atoms with Gasteiger partial charge in [-0.25, -0.2) is 0 Å². The number of anilines is 1. The minimum absolute atomic E-state index is 0.0773. The van der Waals surface area contributed by atoms with E-state index in [0.717, 1.165) is 9.26 Å². The maximum Gasteiger partial charge on any atom is 0.238 e. The molecule has 18 heavy (non-hydrogen) atoms. The molecule has 1 aliphatic rings. The standard InChI is InChI=1S/C14H19IN2O/c1-17(11-6-2-3-7-11)10-14(18)16-13-9-5-4-8-12(13)15/h4-5,8-9,11H,2-3,6-7,10H2,1H3,(H,16,18). The topological polar surface area (TPSA) is 32.3 Å². The van der Waals surface area contributed by atoms with E-state index in [9.17, 15) is 4.79 Å². The van der Waals surface area contributed by atoms with E-state index < -0.39 is 0 Å². The van der Waals surface area contributed by atoms with Crippen LogP contribution < -0.4 is 5.32 Å². The summed E-state index contributed by atoms with van der Waals surface area (Å²) in [4.78, 5) is 14.2. The van der Waals surface area contributed by atoms with Crippen LogP contribution in [0, 0.1) is 3.57 Å². The number of amides is 1. The van der Waals surface area contributed by atoms with Crippen molar-refractivity contribution in [1.29, 1.82) is 0 Å². The van der Waals surface area contributed by atoms with Gasteiger partial charge in [0.05, 0.1) is 12.2 Å². The van der Waals surface area contributed by atoms with Gasteiger partial charge in [-0.05, 0) is 54.6 Å². The first-order chi connectivity index (χ1) is 8.66. The third kappa shape index (κ3) is 3.68. The van der Waals surface area contributed by atoms with Gasteiger partial charge < -0.3 is 5.32 Å². The number of likely N-dealkylation sites (N-methyl/N-ethyl adjacent to an activating group) is 1. The van der Waals surface area contributed by atoms with Crippen LogP contribution in [0.15, 0.2) is 24.3 Å². The molecule has 0 aromatic heterocycles. The first kappa shape index (κ1) is 13.8. The van der Waals surface area contributed by atoms with Crippen molar-refractivity contribution in [2.75, 3.05) is 18.9 Å². The Morgan fingerprint density at radius 1 is 1.39 bits per heavy atom. The van der Waals surface area contributed by atoms with Gasteiger partial charge in [-0.15, -0.1) is 0 Å². The average molecular weight is 358 g/mol. The summed E-state index contributed by atoms with van der Waals surface area (Å²) in [5.74, 6) is 0.0773. The maximum absolute atomic E-state index is 12.0. The van der Waals surface area contributed by atoms with Crippen LogP contribution in [0.25, 0.3) is 0 Å². The van der Waals surface area contributed by atoms with Crippen molar-refractivity contribution in [3.05, 3.63) is 27.8 Å². The summed E-state index contributed by atoms with van der Waals surface area (Å²) in [6, 6.07) is 8.44. The highest BCUT2D eigenvalue weighted by atomic mass is 127. The minimum atomic E-state index is 0.0773. The van der Waals surface area contributed by atoms with Crippen molar-refractivity contribution < 1.29 is 4.79 Å². The molecule has 0 atom stereocenters. The van der Waals surface area contributed by atoms with Crippen molar-refractivity contribution in [3.63, 3.8) is 0 Å². The summed E-state index contributed by atoms with van der Waals surface area (Å²) in [6.45, 7) is 0.482. The van der Waals surface area contributed by atoms with Gasteiger partial charge in [0.2, 0.25) is 5.91 Å². The maximum atomic E-state index is 12.0. The molecule has 1 fully saturated rings. The molecule has 1 aromatic carbocycles. The highest BCUT2D eigenvalue weighted by molar-refractivity contribution is 14.1. The third-order valence-electron chi connectivity index (χ3n) is 3.49. The van der Waals surface area contributed by atoms with Crippen LogP contribution in [-0.2, 0) is 4.79 Å². The number of nitrogens with one attached hydrogen (secondary N) is 1. The van der Waals surface area contributed by atoms with Crippen molar-refractivity contribution in [2.24, 2.45) is 0 Å². The molecule has 4 heteroatoms. The van der Waals surface area contributed by atoms with E-state index in [1.165, 1.54) is 25.7 Å². The molecular weight excluding hydrogens is 339 g/mol. The Hall–Kier alpha value is -0.620. The Morgan fingerprint density at radius 2 is 2.06 bits per heavy atom. The van der Waals surface area contributed by atoms with Crippen LogP contribution in [0.2, 0.25) is 0 Å². The number of hydrogen-bond acceptors (Lipinski definition) is 2. The highest BCUT2D eigenvalue weighted by Crippen LogP contribution is 2.22. The van der Waals surface area contributed by atoms with Crippen LogP contribution in [0.5, 0.6) is 0 Å². The van der Waals surface area contributed by atoms with Crippen LogP contribution in [0.4, 0.5) is 5.69 Å². The molecular formula is C14H19IN2O. The van der Waals surface area contributed by atoms with Crippen molar-refractivity contribution in [3.8, 4) is 0 Å². The number of para-hydroxylation sites is 1. The fourth-order valence-corrected chi connectivity index (χ4v) is 2.98. The van der Waals surface area contributed by atoms with E-state index in [-0.39, 0.29) is 5.91 Å². The molecule has 0 heterocycles. The first-order valence-corrected chi connectivity index (χ1v) is 7.49. The number of rotatable bonds is 4. The molecule has 2 rings (SSSR count). The molecule has 0 bridgehead atoms. The molecule has 0 aliphatic heterocycles. The van der Waals surface area contributed by atoms with E-state index >= 15 is 0 Å². The van der Waals surface area contributed by atoms with E-state index in [0.29, 0.717) is 12.6 Å². The van der Waals surface area contributed by atoms with E-state index in [4.69, 9.17) is 0 Å². The monoisotopic (exact) mass is 358 g/mol. The lowest BCUT2D eigenvalue weighted by Crippen LogP contribution is -2.36. The number of hydrogen-bond donors (Lipinski definition) is 1. The zero-order valence-corrected chi connectivity index (χ0v) is 12.8. The molecule has 1 amide bonds. The fraction of sp³-hybridized carbons (Fsp3) is 0.500. The molecule has 0 radical (unpaired) electrons. The Balaban J connectivity index is 1.86. The lowest BCUT2D eigenvalue weighted by Gasteiger charge is -2.23. The van der Waals surface area contributed by atoms with Crippen LogP contribution in [0.3, 0.4) is 0 Å². The zero-order valence-electron chi connectivity index (χ0n) is 10.7. The van der Waals surface area contributed by atoms with Crippen LogP contribution in [-0.4, -0.2) is 30.4 Å². The summed E-state index contributed by atoms with van der Waals surface area (Å²) in [5, 5.41) is 2.98. The number of halogens is 1. The van der Waals surface area contributed by atoms with Crippen LogP contribution >= 0.6 is 22.6 Å². The summed E-state index contributed by atoms with van der Waals surface area (Å²) in [5.41, 5.74) is 0.905. The van der Waals surface area contributed by atoms with Gasteiger partial charge in [0.15, 0.2) is 0 Å². The van der Waals surface area contributed by atoms with Gasteiger partial charge >= 0.3 is 0 Å². The van der Waals surface area contributed by atoms with E-state index in [1.807, 2.05) is 31.3 Å². The smallest absolute Gasteiger partial charge is 0.238 e. The van der Waals surface area contributed by atoms with Crippen molar-refractivity contribution in [2.45, 2.75) is 31.7 Å². The Bertz CT molecular complexity index is 416. The fourth-order valence-electron chi connectivity index (χ4n) is 2.45. The predicted molar refractivity (Wildman–Crippen MR) is 82.7 cm³/mol. The summed E-state index contributed by atoms with van der Waals surface area (Å²) in [7, 11) is 2.05. The average Bonchev–Trinajstić information content (AvgIpc) is 2.85. The third-order valence-corrected chi connectivity index (χ3v) is 4.43. The highest BCUT2D eigenvalue weighted by Gasteiger charge is 2.21. The lowest BCUT2D eigenvalue weighted by atomic mass is 10.2. The second kappa shape index (κ2) is 6.52. The van der Waals surface area contributed by atoms with Gasteiger partial charge in [-0.2, -0.15) is 0 Å². The number of carbonyl (C=O) groups is 1. The molecule has 1 aliphatic carbocycles. The normalized spacial score (nSPS) is 16.2. The zero-order chi connectivity index (χ0) is 13.0. The summed E-state index contributed by atoms with van der Waals surface area (Å²) in [6.07, 6.45) is 5.06. The lowest BCUT2D eigenvalue weighted by molar-refractivity contribution is -0.117. The molecule has 1 aromatic rings. The Morgan fingerprint density at radius 3 is 2.72 bits per heavy atom. The molecule has 0 unspecified atom stereocenters. The molecule has 3 nitrogen and oxygen atoms in total. The molecule has 98 valence electrons. The minimum Gasteiger partial charge on any atom is -0.324 e. The summed E-state index contributed by atoms with van der Waals surface area (Å²) >= 11 is 2.24. The van der Waals surface area contributed by atoms with Gasteiger partial charge in [0.1, 0.15) is 0 Å². The number of benzene rings is 1. The second-order valence-electron chi connectivity index (χ2n) is 4.88. The molecule has 0 spiro atoms. The Labute approximate surface area is 122 Å². The van der Waals surface area contributed by atoms with E-state index in [1.54, 1.807) is 0 Å². The number of carbonyl (C=O) groups excluding carboxylic acids is 1. The SMILES string of the molecule is CN(CC(=O)Nc1ccccc1I)C1CCCC1. The van der Waals surface area contributed by atoms with Crippen molar-refractivity contribution in [1.82, 2.24) is 4.90 Å². The first-order valence-electron chi connectivity index (χ1n) is 6.41. The van der Waals surface area contributed by atoms with Crippen molar-refractivity contribution >= 4 is 34.2 Å². The predicted octanol–water partition coefficient (Wildman–Crippen LogP) is 3.10. The van der Waals surface area contributed by atoms with Gasteiger partial charge in [-0.1, -0.05) is 25.0 Å². The van der Waals surface area contributed by atoms with Gasteiger partial charge in [-0.3, -0.25) is 9.69 Å². The molecule has 1 N–H and O–H groups in total. The quantitative estimate of drug-likeness (QED) is 0.839. The van der Waals surface area contributed by atoms with Gasteiger partial charge in [0, 0.05) is 9.61 Å².